The molecule has 0 N–H and O–H groups in total. The lowest BCUT2D eigenvalue weighted by atomic mass is 9.68. The van der Waals surface area contributed by atoms with Crippen LogP contribution in [0, 0.1) is 29.6 Å². The molecule has 3 rings (SSSR count). The smallest absolute Gasteiger partial charge is 0.210 e. The molecule has 28 heavy (non-hydrogen) atoms. The third-order valence-corrected chi connectivity index (χ3v) is 7.59. The molecule has 2 saturated carbocycles. The highest BCUT2D eigenvalue weighted by Gasteiger charge is 2.31. The third-order valence-electron chi connectivity index (χ3n) is 7.59. The van der Waals surface area contributed by atoms with Gasteiger partial charge >= 0.3 is 0 Å². The van der Waals surface area contributed by atoms with Gasteiger partial charge in [0.05, 0.1) is 13.2 Å². The van der Waals surface area contributed by atoms with Gasteiger partial charge in [0, 0.05) is 5.92 Å². The molecule has 0 aromatic rings. The molecule has 1 saturated heterocycles. The Morgan fingerprint density at radius 1 is 0.786 bits per heavy atom. The summed E-state index contributed by atoms with van der Waals surface area (Å²) in [5.74, 6) is 3.54. The lowest BCUT2D eigenvalue weighted by molar-refractivity contribution is -0.189. The summed E-state index contributed by atoms with van der Waals surface area (Å²) >= 11 is 0. The van der Waals surface area contributed by atoms with Crippen molar-refractivity contribution in [1.82, 2.24) is 0 Å². The van der Waals surface area contributed by atoms with Crippen molar-refractivity contribution in [2.45, 2.75) is 90.3 Å². The minimum atomic E-state index is -0.991. The van der Waals surface area contributed by atoms with Crippen LogP contribution in [-0.4, -0.2) is 26.2 Å². The lowest BCUT2D eigenvalue weighted by Crippen LogP contribution is -2.33. The molecule has 1 aliphatic heterocycles. The van der Waals surface area contributed by atoms with Crippen LogP contribution in [-0.2, 0) is 9.47 Å². The largest absolute Gasteiger partial charge is 0.346 e. The van der Waals surface area contributed by atoms with Crippen molar-refractivity contribution < 1.29 is 18.3 Å². The van der Waals surface area contributed by atoms with E-state index in [-0.39, 0.29) is 0 Å². The van der Waals surface area contributed by atoms with Crippen LogP contribution in [0.3, 0.4) is 0 Å². The van der Waals surface area contributed by atoms with Crippen molar-refractivity contribution in [2.75, 3.05) is 19.9 Å². The van der Waals surface area contributed by atoms with Gasteiger partial charge < -0.3 is 9.47 Å². The quantitative estimate of drug-likeness (QED) is 0.438. The summed E-state index contributed by atoms with van der Waals surface area (Å²) in [4.78, 5) is 0. The Morgan fingerprint density at radius 2 is 1.29 bits per heavy atom. The maximum Gasteiger partial charge on any atom is 0.210 e. The van der Waals surface area contributed by atoms with Crippen LogP contribution >= 0.6 is 0 Å². The van der Waals surface area contributed by atoms with Crippen molar-refractivity contribution in [3.05, 3.63) is 11.9 Å². The summed E-state index contributed by atoms with van der Waals surface area (Å²) in [5, 5.41) is 0. The van der Waals surface area contributed by atoms with Crippen LogP contribution in [0.25, 0.3) is 0 Å². The van der Waals surface area contributed by atoms with Crippen molar-refractivity contribution in [3.63, 3.8) is 0 Å². The monoisotopic (exact) mass is 398 g/mol. The maximum absolute atomic E-state index is 13.5. The third kappa shape index (κ3) is 6.52. The number of rotatable bonds is 8. The molecule has 3 fully saturated rings. The Morgan fingerprint density at radius 3 is 1.79 bits per heavy atom. The van der Waals surface area contributed by atoms with Gasteiger partial charge in [0.25, 0.3) is 0 Å². The average molecular weight is 399 g/mol. The second-order valence-corrected chi connectivity index (χ2v) is 9.54. The number of hydrogen-bond donors (Lipinski definition) is 0. The minimum absolute atomic E-state index is 0.348. The molecule has 2 aliphatic carbocycles. The Hall–Kier alpha value is -0.480. The summed E-state index contributed by atoms with van der Waals surface area (Å²) in [5.41, 5.74) is 0. The number of allylic oxidation sites excluding steroid dienone is 1. The van der Waals surface area contributed by atoms with Crippen LogP contribution in [0.5, 0.6) is 0 Å². The van der Waals surface area contributed by atoms with Crippen LogP contribution in [0.15, 0.2) is 11.9 Å². The number of alkyl halides is 1. The first-order chi connectivity index (χ1) is 13.7. The Kier molecular flexibility index (Phi) is 9.23. The molecular formula is C24H40F2O2. The second kappa shape index (κ2) is 11.6. The minimum Gasteiger partial charge on any atom is -0.346 e. The first kappa shape index (κ1) is 22.2. The van der Waals surface area contributed by atoms with Gasteiger partial charge in [-0.2, -0.15) is 0 Å². The van der Waals surface area contributed by atoms with E-state index in [2.05, 4.69) is 6.92 Å². The fourth-order valence-electron chi connectivity index (χ4n) is 5.82. The Balaban J connectivity index is 1.29. The number of hydrogen-bond acceptors (Lipinski definition) is 2. The SMILES string of the molecule is CCCC1CCC(C2CCC(CCC3COC(/C(F)=C/CF)OC3)CC2)CC1. The fourth-order valence-corrected chi connectivity index (χ4v) is 5.82. The summed E-state index contributed by atoms with van der Waals surface area (Å²) in [6.45, 7) is 2.55. The van der Waals surface area contributed by atoms with E-state index < -0.39 is 18.8 Å². The number of halogens is 2. The van der Waals surface area contributed by atoms with E-state index in [1.807, 2.05) is 0 Å². The molecule has 0 aromatic heterocycles. The van der Waals surface area contributed by atoms with Gasteiger partial charge in [-0.25, -0.2) is 8.78 Å². The highest BCUT2D eigenvalue weighted by molar-refractivity contribution is 4.96. The van der Waals surface area contributed by atoms with E-state index in [9.17, 15) is 8.78 Å². The highest BCUT2D eigenvalue weighted by atomic mass is 19.1. The van der Waals surface area contributed by atoms with Crippen molar-refractivity contribution in [1.29, 1.82) is 0 Å². The molecule has 0 unspecified atom stereocenters. The second-order valence-electron chi connectivity index (χ2n) is 9.54. The molecule has 2 nitrogen and oxygen atoms in total. The van der Waals surface area contributed by atoms with Gasteiger partial charge in [-0.05, 0) is 61.9 Å². The molecule has 0 aromatic carbocycles. The molecule has 162 valence electrons. The van der Waals surface area contributed by atoms with Gasteiger partial charge in [0.15, 0.2) is 5.83 Å². The van der Waals surface area contributed by atoms with Crippen molar-refractivity contribution in [3.8, 4) is 0 Å². The van der Waals surface area contributed by atoms with Gasteiger partial charge in [-0.15, -0.1) is 0 Å². The lowest BCUT2D eigenvalue weighted by Gasteiger charge is -2.38. The zero-order chi connectivity index (χ0) is 19.8. The van der Waals surface area contributed by atoms with E-state index >= 15 is 0 Å². The van der Waals surface area contributed by atoms with E-state index in [4.69, 9.17) is 9.47 Å². The Labute approximate surface area is 170 Å². The van der Waals surface area contributed by atoms with E-state index in [0.717, 1.165) is 36.2 Å². The van der Waals surface area contributed by atoms with Crippen LogP contribution in [0.1, 0.15) is 84.0 Å². The molecule has 4 heteroatoms. The summed E-state index contributed by atoms with van der Waals surface area (Å²) in [7, 11) is 0. The topological polar surface area (TPSA) is 18.5 Å². The van der Waals surface area contributed by atoms with E-state index in [1.54, 1.807) is 0 Å². The zero-order valence-corrected chi connectivity index (χ0v) is 17.7. The highest BCUT2D eigenvalue weighted by Crippen LogP contribution is 2.43. The Bertz CT molecular complexity index is 457. The molecular weight excluding hydrogens is 358 g/mol. The normalized spacial score (nSPS) is 37.8. The average Bonchev–Trinajstić information content (AvgIpc) is 2.74. The van der Waals surface area contributed by atoms with Crippen LogP contribution < -0.4 is 0 Å². The van der Waals surface area contributed by atoms with Gasteiger partial charge in [0.1, 0.15) is 6.67 Å². The predicted molar refractivity (Wildman–Crippen MR) is 109 cm³/mol. The number of ether oxygens (including phenoxy) is 2. The molecule has 0 bridgehead atoms. The van der Waals surface area contributed by atoms with Gasteiger partial charge in [-0.1, -0.05) is 51.9 Å². The predicted octanol–water partition coefficient (Wildman–Crippen LogP) is 6.99. The van der Waals surface area contributed by atoms with Crippen molar-refractivity contribution in [2.24, 2.45) is 29.6 Å². The molecule has 0 amide bonds. The van der Waals surface area contributed by atoms with Crippen LogP contribution in [0.2, 0.25) is 0 Å². The molecule has 0 radical (unpaired) electrons. The summed E-state index contributed by atoms with van der Waals surface area (Å²) in [6, 6.07) is 0. The summed E-state index contributed by atoms with van der Waals surface area (Å²) < 4.78 is 36.6. The van der Waals surface area contributed by atoms with Crippen LogP contribution in [0.4, 0.5) is 8.78 Å². The first-order valence-electron chi connectivity index (χ1n) is 11.8. The first-order valence-corrected chi connectivity index (χ1v) is 11.8. The van der Waals surface area contributed by atoms with Gasteiger partial charge in [0.2, 0.25) is 6.29 Å². The molecule has 0 spiro atoms. The van der Waals surface area contributed by atoms with E-state index in [0.29, 0.717) is 19.1 Å². The summed E-state index contributed by atoms with van der Waals surface area (Å²) in [6.07, 6.45) is 16.5. The zero-order valence-electron chi connectivity index (χ0n) is 17.7. The molecule has 0 atom stereocenters. The maximum atomic E-state index is 13.5. The van der Waals surface area contributed by atoms with Gasteiger partial charge in [-0.3, -0.25) is 0 Å². The van der Waals surface area contributed by atoms with Crippen molar-refractivity contribution >= 4 is 0 Å². The fraction of sp³-hybridized carbons (Fsp3) is 0.917. The molecule has 1 heterocycles. The standard InChI is InChI=1S/C24H40F2O2/c1-2-3-18-6-10-21(11-7-18)22-12-8-19(9-13-22)4-5-20-16-27-24(28-17-20)23(26)14-15-25/h14,18-22,24H,2-13,15-17H2,1H3/b23-14-. The molecule has 3 aliphatic rings. The van der Waals surface area contributed by atoms with E-state index in [1.165, 1.54) is 70.6 Å².